The zero-order chi connectivity index (χ0) is 25.1. The van der Waals surface area contributed by atoms with Crippen molar-refractivity contribution in [2.24, 2.45) is 0 Å². The standard InChI is InChI=1S/C24H32N8O3S/c1-15(6-7-17-16(2)36-24(27-17)35-14-10-31-8-12-33-13-9-31)21-28-19-20(25)29-23(26)30-22(19)32(21)18-5-3-4-11-34-18/h6-7,18H,1,3-5,8-14H2,2H3,(H4,25,26,29,30). The molecule has 0 aromatic carbocycles. The van der Waals surface area contributed by atoms with Gasteiger partial charge in [0.2, 0.25) is 5.95 Å². The van der Waals surface area contributed by atoms with Gasteiger partial charge in [0.25, 0.3) is 5.19 Å². The van der Waals surface area contributed by atoms with Gasteiger partial charge in [0.05, 0.1) is 18.9 Å². The Morgan fingerprint density at radius 2 is 2.00 bits per heavy atom. The lowest BCUT2D eigenvalue weighted by Crippen LogP contribution is -2.38. The molecule has 192 valence electrons. The highest BCUT2D eigenvalue weighted by atomic mass is 32.1. The Bertz CT molecular complexity index is 1260. The number of aromatic nitrogens is 5. The SMILES string of the molecule is C=C(C=Cc1nc(OCCN2CCOCC2)sc1C)c1nc2c(N)nc(N)nc2n1C1CCCCO1. The molecule has 4 N–H and O–H groups in total. The predicted molar refractivity (Wildman–Crippen MR) is 141 cm³/mol. The molecule has 2 aliphatic rings. The van der Waals surface area contributed by atoms with E-state index in [2.05, 4.69) is 26.4 Å². The van der Waals surface area contributed by atoms with Crippen LogP contribution in [0.2, 0.25) is 0 Å². The van der Waals surface area contributed by atoms with E-state index < -0.39 is 0 Å². The first-order valence-electron chi connectivity index (χ1n) is 12.2. The van der Waals surface area contributed by atoms with Crippen LogP contribution in [0, 0.1) is 6.92 Å². The molecule has 2 saturated heterocycles. The fourth-order valence-corrected chi connectivity index (χ4v) is 5.15. The third kappa shape index (κ3) is 5.36. The molecule has 2 aliphatic heterocycles. The lowest BCUT2D eigenvalue weighted by Gasteiger charge is -2.26. The molecular weight excluding hydrogens is 480 g/mol. The van der Waals surface area contributed by atoms with Crippen LogP contribution >= 0.6 is 11.3 Å². The van der Waals surface area contributed by atoms with E-state index in [0.717, 1.165) is 62.7 Å². The molecule has 0 amide bonds. The van der Waals surface area contributed by atoms with Gasteiger partial charge in [0.1, 0.15) is 18.7 Å². The number of allylic oxidation sites excluding steroid dienone is 2. The van der Waals surface area contributed by atoms with Gasteiger partial charge in [-0.2, -0.15) is 9.97 Å². The largest absolute Gasteiger partial charge is 0.469 e. The van der Waals surface area contributed by atoms with E-state index in [-0.39, 0.29) is 18.0 Å². The van der Waals surface area contributed by atoms with Crippen LogP contribution in [0.4, 0.5) is 11.8 Å². The van der Waals surface area contributed by atoms with Crippen LogP contribution in [-0.2, 0) is 9.47 Å². The fraction of sp³-hybridized carbons (Fsp3) is 0.500. The van der Waals surface area contributed by atoms with E-state index in [1.165, 1.54) is 11.3 Å². The molecule has 0 aliphatic carbocycles. The first kappa shape index (κ1) is 24.6. The van der Waals surface area contributed by atoms with Gasteiger partial charge >= 0.3 is 0 Å². The summed E-state index contributed by atoms with van der Waals surface area (Å²) in [6.45, 7) is 11.9. The summed E-state index contributed by atoms with van der Waals surface area (Å²) in [6, 6.07) is 0. The second-order valence-corrected chi connectivity index (χ2v) is 10.0. The van der Waals surface area contributed by atoms with Crippen molar-refractivity contribution >= 4 is 45.9 Å². The average Bonchev–Trinajstić information content (AvgIpc) is 3.44. The molecule has 1 unspecified atom stereocenters. The van der Waals surface area contributed by atoms with Gasteiger partial charge in [0.15, 0.2) is 17.0 Å². The maximum atomic E-state index is 6.12. The molecule has 3 aromatic rings. The highest BCUT2D eigenvalue weighted by Crippen LogP contribution is 2.33. The minimum absolute atomic E-state index is 0.101. The van der Waals surface area contributed by atoms with Crippen molar-refractivity contribution in [2.75, 3.05) is 57.5 Å². The van der Waals surface area contributed by atoms with Crippen LogP contribution < -0.4 is 16.2 Å². The molecule has 11 nitrogen and oxygen atoms in total. The topological polar surface area (TPSA) is 139 Å². The van der Waals surface area contributed by atoms with Crippen molar-refractivity contribution in [3.05, 3.63) is 29.1 Å². The minimum Gasteiger partial charge on any atom is -0.469 e. The smallest absolute Gasteiger partial charge is 0.274 e. The number of nitrogens with zero attached hydrogens (tertiary/aromatic N) is 6. The Labute approximate surface area is 213 Å². The van der Waals surface area contributed by atoms with Gasteiger partial charge in [-0.25, -0.2) is 9.97 Å². The fourth-order valence-electron chi connectivity index (χ4n) is 4.38. The summed E-state index contributed by atoms with van der Waals surface area (Å²) in [5.41, 5.74) is 14.6. The number of ether oxygens (including phenoxy) is 3. The first-order chi connectivity index (χ1) is 17.5. The van der Waals surface area contributed by atoms with Crippen LogP contribution in [0.25, 0.3) is 22.8 Å². The maximum Gasteiger partial charge on any atom is 0.274 e. The van der Waals surface area contributed by atoms with Crippen molar-refractivity contribution in [1.82, 2.24) is 29.4 Å². The summed E-state index contributed by atoms with van der Waals surface area (Å²) in [5, 5.41) is 0.660. The first-order valence-corrected chi connectivity index (χ1v) is 13.0. The zero-order valence-corrected chi connectivity index (χ0v) is 21.3. The summed E-state index contributed by atoms with van der Waals surface area (Å²) in [7, 11) is 0. The number of thiazole rings is 1. The zero-order valence-electron chi connectivity index (χ0n) is 20.5. The lowest BCUT2D eigenvalue weighted by atomic mass is 10.1. The van der Waals surface area contributed by atoms with Crippen molar-refractivity contribution in [2.45, 2.75) is 32.4 Å². The lowest BCUT2D eigenvalue weighted by molar-refractivity contribution is -0.0302. The van der Waals surface area contributed by atoms with Crippen molar-refractivity contribution in [3.63, 3.8) is 0 Å². The van der Waals surface area contributed by atoms with Crippen LogP contribution in [0.3, 0.4) is 0 Å². The quantitative estimate of drug-likeness (QED) is 0.433. The Kier molecular flexibility index (Phi) is 7.46. The van der Waals surface area contributed by atoms with Gasteiger partial charge in [-0.3, -0.25) is 9.47 Å². The summed E-state index contributed by atoms with van der Waals surface area (Å²) < 4.78 is 19.3. The Morgan fingerprint density at radius 3 is 2.78 bits per heavy atom. The number of rotatable bonds is 8. The second-order valence-electron chi connectivity index (χ2n) is 8.85. The number of aryl methyl sites for hydroxylation is 1. The summed E-state index contributed by atoms with van der Waals surface area (Å²) in [4.78, 5) is 21.3. The van der Waals surface area contributed by atoms with Gasteiger partial charge in [-0.05, 0) is 38.3 Å². The minimum atomic E-state index is -0.218. The second kappa shape index (κ2) is 10.9. The third-order valence-electron chi connectivity index (χ3n) is 6.31. The summed E-state index contributed by atoms with van der Waals surface area (Å²) in [6.07, 6.45) is 6.53. The van der Waals surface area contributed by atoms with Gasteiger partial charge in [-0.1, -0.05) is 17.9 Å². The number of morpholine rings is 1. The maximum absolute atomic E-state index is 6.12. The molecule has 0 radical (unpaired) electrons. The van der Waals surface area contributed by atoms with Crippen molar-refractivity contribution < 1.29 is 14.2 Å². The van der Waals surface area contributed by atoms with Crippen molar-refractivity contribution in [1.29, 1.82) is 0 Å². The molecule has 0 spiro atoms. The number of hydrogen-bond donors (Lipinski definition) is 2. The normalized spacial score (nSPS) is 19.3. The Hall–Kier alpha value is -3.06. The summed E-state index contributed by atoms with van der Waals surface area (Å²) >= 11 is 1.53. The third-order valence-corrected chi connectivity index (χ3v) is 7.21. The van der Waals surface area contributed by atoms with E-state index in [1.54, 1.807) is 0 Å². The van der Waals surface area contributed by atoms with Gasteiger partial charge < -0.3 is 25.7 Å². The number of hydrogen-bond acceptors (Lipinski definition) is 11. The molecule has 2 fully saturated rings. The van der Waals surface area contributed by atoms with E-state index in [9.17, 15) is 0 Å². The molecule has 5 rings (SSSR count). The molecular formula is C24H32N8O3S. The molecule has 5 heterocycles. The van der Waals surface area contributed by atoms with E-state index in [0.29, 0.717) is 41.0 Å². The van der Waals surface area contributed by atoms with E-state index in [1.807, 2.05) is 23.6 Å². The van der Waals surface area contributed by atoms with Crippen LogP contribution in [0.5, 0.6) is 5.19 Å². The van der Waals surface area contributed by atoms with Crippen molar-refractivity contribution in [3.8, 4) is 5.19 Å². The number of nitrogen functional groups attached to an aromatic ring is 2. The highest BCUT2D eigenvalue weighted by molar-refractivity contribution is 7.13. The monoisotopic (exact) mass is 512 g/mol. The molecule has 36 heavy (non-hydrogen) atoms. The summed E-state index contributed by atoms with van der Waals surface area (Å²) in [5.74, 6) is 0.956. The molecule has 0 saturated carbocycles. The number of anilines is 2. The molecule has 0 bridgehead atoms. The van der Waals surface area contributed by atoms with Gasteiger partial charge in [-0.15, -0.1) is 0 Å². The molecule has 1 atom stereocenters. The van der Waals surface area contributed by atoms with Crippen LogP contribution in [-0.4, -0.2) is 75.5 Å². The predicted octanol–water partition coefficient (Wildman–Crippen LogP) is 2.89. The molecule has 3 aromatic heterocycles. The van der Waals surface area contributed by atoms with E-state index >= 15 is 0 Å². The molecule has 12 heteroatoms. The van der Waals surface area contributed by atoms with Crippen LogP contribution in [0.1, 0.15) is 41.9 Å². The van der Waals surface area contributed by atoms with Crippen LogP contribution in [0.15, 0.2) is 12.7 Å². The van der Waals surface area contributed by atoms with Gasteiger partial charge in [0, 0.05) is 36.7 Å². The Balaban J connectivity index is 1.33. The van der Waals surface area contributed by atoms with E-state index in [4.69, 9.17) is 30.7 Å². The highest BCUT2D eigenvalue weighted by Gasteiger charge is 2.25. The number of nitrogens with two attached hydrogens (primary N) is 2. The average molecular weight is 513 g/mol. The number of fused-ring (bicyclic) bond motifs is 1. The Morgan fingerprint density at radius 1 is 1.17 bits per heavy atom. The number of imidazole rings is 1.